The number of anilines is 1. The summed E-state index contributed by atoms with van der Waals surface area (Å²) in [7, 11) is 0. The summed E-state index contributed by atoms with van der Waals surface area (Å²) in [6, 6.07) is 6.16. The number of nitrogens with zero attached hydrogens (tertiary/aromatic N) is 2. The molecule has 1 aromatic carbocycles. The van der Waals surface area contributed by atoms with E-state index in [4.69, 9.17) is 4.74 Å². The molecule has 20 heavy (non-hydrogen) atoms. The summed E-state index contributed by atoms with van der Waals surface area (Å²) in [4.78, 5) is 12.1. The molecule has 0 radical (unpaired) electrons. The van der Waals surface area contributed by atoms with Crippen molar-refractivity contribution in [2.45, 2.75) is 19.9 Å². The van der Waals surface area contributed by atoms with Crippen LogP contribution in [0.5, 0.6) is 5.88 Å². The molecule has 104 valence electrons. The standard InChI is InChI=1S/C14H14FN3O2/c1-9-3-4-10(7-11(9)15)16-14(19)12-8-13-18(17-12)5-2-6-20-13/h3-4,7-8H,2,5-6H2,1H3,(H,16,19). The molecule has 0 saturated heterocycles. The molecule has 0 atom stereocenters. The Labute approximate surface area is 115 Å². The summed E-state index contributed by atoms with van der Waals surface area (Å²) < 4.78 is 20.5. The van der Waals surface area contributed by atoms with Crippen molar-refractivity contribution in [2.75, 3.05) is 11.9 Å². The number of hydrogen-bond acceptors (Lipinski definition) is 3. The van der Waals surface area contributed by atoms with Gasteiger partial charge in [-0.2, -0.15) is 5.10 Å². The second kappa shape index (κ2) is 4.96. The number of hydrogen-bond donors (Lipinski definition) is 1. The number of rotatable bonds is 2. The second-order valence-corrected chi connectivity index (χ2v) is 4.71. The lowest BCUT2D eigenvalue weighted by Gasteiger charge is -2.13. The van der Waals surface area contributed by atoms with E-state index in [9.17, 15) is 9.18 Å². The Morgan fingerprint density at radius 2 is 2.30 bits per heavy atom. The van der Waals surface area contributed by atoms with Crippen LogP contribution in [-0.2, 0) is 6.54 Å². The molecule has 1 aromatic heterocycles. The number of aryl methyl sites for hydroxylation is 2. The predicted molar refractivity (Wildman–Crippen MR) is 71.4 cm³/mol. The molecule has 1 N–H and O–H groups in total. The van der Waals surface area contributed by atoms with Gasteiger partial charge in [-0.15, -0.1) is 0 Å². The van der Waals surface area contributed by atoms with Gasteiger partial charge in [0.2, 0.25) is 5.88 Å². The largest absolute Gasteiger partial charge is 0.478 e. The second-order valence-electron chi connectivity index (χ2n) is 4.71. The molecule has 0 unspecified atom stereocenters. The van der Waals surface area contributed by atoms with E-state index in [1.165, 1.54) is 6.07 Å². The molecular weight excluding hydrogens is 261 g/mol. The third-order valence-electron chi connectivity index (χ3n) is 3.17. The van der Waals surface area contributed by atoms with Crippen LogP contribution in [0.25, 0.3) is 0 Å². The molecule has 1 aliphatic rings. The first-order chi connectivity index (χ1) is 9.63. The minimum atomic E-state index is -0.376. The molecule has 0 spiro atoms. The quantitative estimate of drug-likeness (QED) is 0.915. The zero-order valence-electron chi connectivity index (χ0n) is 11.0. The van der Waals surface area contributed by atoms with Crippen molar-refractivity contribution in [1.29, 1.82) is 0 Å². The Morgan fingerprint density at radius 3 is 3.05 bits per heavy atom. The first kappa shape index (κ1) is 12.7. The topological polar surface area (TPSA) is 56.2 Å². The highest BCUT2D eigenvalue weighted by molar-refractivity contribution is 6.03. The molecule has 3 rings (SSSR count). The number of amides is 1. The van der Waals surface area contributed by atoms with Gasteiger partial charge >= 0.3 is 0 Å². The lowest BCUT2D eigenvalue weighted by Crippen LogP contribution is -2.16. The fourth-order valence-corrected chi connectivity index (χ4v) is 2.04. The molecule has 1 amide bonds. The van der Waals surface area contributed by atoms with Gasteiger partial charge in [0, 0.05) is 24.7 Å². The molecule has 5 nitrogen and oxygen atoms in total. The Morgan fingerprint density at radius 1 is 1.45 bits per heavy atom. The Bertz CT molecular complexity index is 643. The van der Waals surface area contributed by atoms with Crippen LogP contribution in [0.2, 0.25) is 0 Å². The van der Waals surface area contributed by atoms with E-state index in [1.54, 1.807) is 29.8 Å². The number of benzene rings is 1. The van der Waals surface area contributed by atoms with Gasteiger partial charge in [0.1, 0.15) is 5.82 Å². The van der Waals surface area contributed by atoms with E-state index in [0.717, 1.165) is 13.0 Å². The van der Waals surface area contributed by atoms with E-state index in [0.29, 0.717) is 23.7 Å². The number of carbonyl (C=O) groups excluding carboxylic acids is 1. The minimum absolute atomic E-state index is 0.267. The first-order valence-corrected chi connectivity index (χ1v) is 6.41. The number of ether oxygens (including phenoxy) is 1. The van der Waals surface area contributed by atoms with E-state index in [-0.39, 0.29) is 17.4 Å². The molecule has 0 aliphatic carbocycles. The number of nitrogens with one attached hydrogen (secondary N) is 1. The van der Waals surface area contributed by atoms with Crippen LogP contribution in [0.4, 0.5) is 10.1 Å². The predicted octanol–water partition coefficient (Wildman–Crippen LogP) is 2.37. The van der Waals surface area contributed by atoms with E-state index < -0.39 is 0 Å². The van der Waals surface area contributed by atoms with Crippen LogP contribution in [0.15, 0.2) is 24.3 Å². The van der Waals surface area contributed by atoms with Crippen molar-refractivity contribution < 1.29 is 13.9 Å². The summed E-state index contributed by atoms with van der Waals surface area (Å²) in [6.07, 6.45) is 0.874. The van der Waals surface area contributed by atoms with Crippen molar-refractivity contribution in [3.8, 4) is 5.88 Å². The van der Waals surface area contributed by atoms with Crippen LogP contribution < -0.4 is 10.1 Å². The zero-order valence-corrected chi connectivity index (χ0v) is 11.0. The van der Waals surface area contributed by atoms with E-state index in [2.05, 4.69) is 10.4 Å². The Kier molecular flexibility index (Phi) is 3.14. The molecule has 0 bridgehead atoms. The number of halogens is 1. The van der Waals surface area contributed by atoms with Crippen molar-refractivity contribution in [3.63, 3.8) is 0 Å². The van der Waals surface area contributed by atoms with Gasteiger partial charge in [-0.05, 0) is 24.6 Å². The summed E-state index contributed by atoms with van der Waals surface area (Å²) >= 11 is 0. The molecule has 6 heteroatoms. The monoisotopic (exact) mass is 275 g/mol. The molecule has 2 heterocycles. The van der Waals surface area contributed by atoms with Crippen molar-refractivity contribution >= 4 is 11.6 Å². The van der Waals surface area contributed by atoms with Gasteiger partial charge in [-0.1, -0.05) is 6.07 Å². The van der Waals surface area contributed by atoms with Gasteiger partial charge in [0.25, 0.3) is 5.91 Å². The lowest BCUT2D eigenvalue weighted by molar-refractivity contribution is 0.102. The highest BCUT2D eigenvalue weighted by atomic mass is 19.1. The SMILES string of the molecule is Cc1ccc(NC(=O)c2cc3n(n2)CCCO3)cc1F. The third-order valence-corrected chi connectivity index (χ3v) is 3.17. The van der Waals surface area contributed by atoms with Gasteiger partial charge < -0.3 is 10.1 Å². The van der Waals surface area contributed by atoms with Crippen molar-refractivity contribution in [1.82, 2.24) is 9.78 Å². The van der Waals surface area contributed by atoms with Crippen LogP contribution in [0.3, 0.4) is 0 Å². The normalized spacial score (nSPS) is 13.5. The Hall–Kier alpha value is -2.37. The Balaban J connectivity index is 1.78. The average Bonchev–Trinajstić information content (AvgIpc) is 2.87. The first-order valence-electron chi connectivity index (χ1n) is 6.41. The van der Waals surface area contributed by atoms with Gasteiger partial charge in [0.05, 0.1) is 6.61 Å². The maximum atomic E-state index is 13.4. The van der Waals surface area contributed by atoms with Gasteiger partial charge in [-0.25, -0.2) is 9.07 Å². The maximum absolute atomic E-state index is 13.4. The number of aromatic nitrogens is 2. The fourth-order valence-electron chi connectivity index (χ4n) is 2.04. The minimum Gasteiger partial charge on any atom is -0.478 e. The highest BCUT2D eigenvalue weighted by Gasteiger charge is 2.18. The van der Waals surface area contributed by atoms with Crippen molar-refractivity contribution in [2.24, 2.45) is 0 Å². The van der Waals surface area contributed by atoms with Gasteiger partial charge in [-0.3, -0.25) is 4.79 Å². The number of fused-ring (bicyclic) bond motifs is 1. The lowest BCUT2D eigenvalue weighted by atomic mass is 10.2. The third kappa shape index (κ3) is 2.36. The molecule has 1 aliphatic heterocycles. The highest BCUT2D eigenvalue weighted by Crippen LogP contribution is 2.20. The molecule has 0 saturated carbocycles. The summed E-state index contributed by atoms with van der Waals surface area (Å²) in [6.45, 7) is 3.04. The molecule has 2 aromatic rings. The van der Waals surface area contributed by atoms with E-state index >= 15 is 0 Å². The maximum Gasteiger partial charge on any atom is 0.276 e. The van der Waals surface area contributed by atoms with Crippen molar-refractivity contribution in [3.05, 3.63) is 41.3 Å². The number of carbonyl (C=O) groups is 1. The molecular formula is C14H14FN3O2. The molecule has 0 fully saturated rings. The van der Waals surface area contributed by atoms with Gasteiger partial charge in [0.15, 0.2) is 5.69 Å². The fraction of sp³-hybridized carbons (Fsp3) is 0.286. The average molecular weight is 275 g/mol. The summed E-state index contributed by atoms with van der Waals surface area (Å²) in [5, 5.41) is 6.80. The van der Waals surface area contributed by atoms with Crippen LogP contribution in [-0.4, -0.2) is 22.3 Å². The summed E-state index contributed by atoms with van der Waals surface area (Å²) in [5.41, 5.74) is 1.21. The summed E-state index contributed by atoms with van der Waals surface area (Å²) in [5.74, 6) is -0.134. The van der Waals surface area contributed by atoms with Crippen LogP contribution in [0.1, 0.15) is 22.5 Å². The van der Waals surface area contributed by atoms with E-state index in [1.807, 2.05) is 0 Å². The smallest absolute Gasteiger partial charge is 0.276 e. The van der Waals surface area contributed by atoms with Crippen LogP contribution >= 0.6 is 0 Å². The zero-order chi connectivity index (χ0) is 14.1. The van der Waals surface area contributed by atoms with Crippen LogP contribution in [0, 0.1) is 12.7 Å².